The van der Waals surface area contributed by atoms with E-state index >= 15 is 0 Å². The summed E-state index contributed by atoms with van der Waals surface area (Å²) in [5, 5.41) is 10.9. The van der Waals surface area contributed by atoms with E-state index in [1.54, 1.807) is 0 Å². The zero-order valence-corrected chi connectivity index (χ0v) is 17.9. The van der Waals surface area contributed by atoms with Crippen LogP contribution >= 0.6 is 0 Å². The lowest BCUT2D eigenvalue weighted by atomic mass is 9.97. The first-order chi connectivity index (χ1) is 15.7. The minimum Gasteiger partial charge on any atom is -0.489 e. The van der Waals surface area contributed by atoms with Crippen molar-refractivity contribution in [1.82, 2.24) is 4.90 Å². The van der Waals surface area contributed by atoms with Crippen molar-refractivity contribution in [3.63, 3.8) is 0 Å². The molecule has 6 nitrogen and oxygen atoms in total. The first kappa shape index (κ1) is 21.7. The predicted molar refractivity (Wildman–Crippen MR) is 125 cm³/mol. The zero-order valence-electron chi connectivity index (χ0n) is 17.9. The Morgan fingerprint density at radius 3 is 2.53 bits per heavy atom. The molecule has 0 aliphatic carbocycles. The average Bonchev–Trinajstić information content (AvgIpc) is 2.83. The molecule has 1 aliphatic heterocycles. The Balaban J connectivity index is 1.60. The fourth-order valence-corrected chi connectivity index (χ4v) is 3.76. The predicted octanol–water partition coefficient (Wildman–Crippen LogP) is 5.01. The van der Waals surface area contributed by atoms with Gasteiger partial charge in [-0.1, -0.05) is 54.6 Å². The zero-order chi connectivity index (χ0) is 22.2. The first-order valence-corrected chi connectivity index (χ1v) is 10.7. The van der Waals surface area contributed by atoms with Crippen LogP contribution in [0.15, 0.2) is 79.0 Å². The van der Waals surface area contributed by atoms with Gasteiger partial charge >= 0.3 is 0 Å². The number of nitro groups is 1. The molecule has 0 radical (unpaired) electrons. The summed E-state index contributed by atoms with van der Waals surface area (Å²) in [6, 6.07) is 24.0. The van der Waals surface area contributed by atoms with E-state index in [0.717, 1.165) is 67.1 Å². The van der Waals surface area contributed by atoms with Crippen LogP contribution in [-0.4, -0.2) is 36.1 Å². The van der Waals surface area contributed by atoms with Crippen LogP contribution in [0, 0.1) is 10.1 Å². The molecule has 1 fully saturated rings. The van der Waals surface area contributed by atoms with Crippen molar-refractivity contribution < 1.29 is 14.4 Å². The molecule has 0 spiro atoms. The first-order valence-electron chi connectivity index (χ1n) is 10.7. The van der Waals surface area contributed by atoms with Crippen LogP contribution in [0.1, 0.15) is 16.7 Å². The van der Waals surface area contributed by atoms with Gasteiger partial charge in [0, 0.05) is 25.7 Å². The van der Waals surface area contributed by atoms with E-state index < -0.39 is 4.92 Å². The summed E-state index contributed by atoms with van der Waals surface area (Å²) in [6.45, 7) is 4.67. The lowest BCUT2D eigenvalue weighted by Crippen LogP contribution is -2.35. The number of rotatable bonds is 8. The second kappa shape index (κ2) is 10.7. The summed E-state index contributed by atoms with van der Waals surface area (Å²) in [4.78, 5) is 12.8. The van der Waals surface area contributed by atoms with Crippen LogP contribution < -0.4 is 4.74 Å². The van der Waals surface area contributed by atoms with Gasteiger partial charge in [-0.25, -0.2) is 0 Å². The Bertz CT molecular complexity index is 1080. The van der Waals surface area contributed by atoms with Crippen molar-refractivity contribution in [1.29, 1.82) is 0 Å². The fourth-order valence-electron chi connectivity index (χ4n) is 3.76. The molecule has 0 unspecified atom stereocenters. The minimum absolute atomic E-state index is 0.446. The molecule has 1 saturated heterocycles. The maximum atomic E-state index is 10.9. The van der Waals surface area contributed by atoms with E-state index in [2.05, 4.69) is 17.0 Å². The molecule has 1 aliphatic rings. The van der Waals surface area contributed by atoms with Crippen molar-refractivity contribution in [2.45, 2.75) is 13.2 Å². The maximum absolute atomic E-state index is 10.9. The van der Waals surface area contributed by atoms with E-state index in [0.29, 0.717) is 6.61 Å². The highest BCUT2D eigenvalue weighted by molar-refractivity contribution is 5.76. The summed E-state index contributed by atoms with van der Waals surface area (Å²) in [5.74, 6) is 0.723. The number of benzene rings is 3. The quantitative estimate of drug-likeness (QED) is 0.371. The summed E-state index contributed by atoms with van der Waals surface area (Å²) in [6.07, 6.45) is 2.51. The molecule has 3 aromatic carbocycles. The van der Waals surface area contributed by atoms with Gasteiger partial charge in [-0.05, 0) is 46.0 Å². The Kier molecular flexibility index (Phi) is 7.27. The van der Waals surface area contributed by atoms with Crippen LogP contribution in [0.3, 0.4) is 0 Å². The maximum Gasteiger partial charge on any atom is 0.235 e. The second-order valence-corrected chi connectivity index (χ2v) is 7.71. The summed E-state index contributed by atoms with van der Waals surface area (Å²) >= 11 is 0. The number of hydrogen-bond acceptors (Lipinski definition) is 5. The monoisotopic (exact) mass is 430 g/mol. The van der Waals surface area contributed by atoms with E-state index in [-0.39, 0.29) is 0 Å². The molecule has 32 heavy (non-hydrogen) atoms. The molecular weight excluding hydrogens is 404 g/mol. The molecule has 164 valence electrons. The van der Waals surface area contributed by atoms with Crippen LogP contribution in [-0.2, 0) is 17.9 Å². The van der Waals surface area contributed by atoms with E-state index in [1.165, 1.54) is 11.6 Å². The lowest BCUT2D eigenvalue weighted by molar-refractivity contribution is -0.400. The molecule has 3 aromatic rings. The highest BCUT2D eigenvalue weighted by atomic mass is 16.6. The normalized spacial score (nSPS) is 14.5. The smallest absolute Gasteiger partial charge is 0.235 e. The molecule has 1 heterocycles. The summed E-state index contributed by atoms with van der Waals surface area (Å²) < 4.78 is 11.4. The standard InChI is InChI=1S/C26H26N2O4/c29-28(30)12-11-23-9-10-25(32-20-21-5-2-1-3-6-21)18-26(23)24-8-4-7-22(17-24)19-27-13-15-31-16-14-27/h1-12,17-18H,13-16,19-20H2. The largest absolute Gasteiger partial charge is 0.489 e. The highest BCUT2D eigenvalue weighted by Crippen LogP contribution is 2.30. The van der Waals surface area contributed by atoms with Crippen molar-refractivity contribution in [3.05, 3.63) is 106 Å². The number of ether oxygens (including phenoxy) is 2. The van der Waals surface area contributed by atoms with Gasteiger partial charge in [-0.3, -0.25) is 15.0 Å². The van der Waals surface area contributed by atoms with Gasteiger partial charge in [-0.2, -0.15) is 0 Å². The summed E-state index contributed by atoms with van der Waals surface area (Å²) in [5.41, 5.74) is 4.96. The van der Waals surface area contributed by atoms with E-state index in [4.69, 9.17) is 9.47 Å². The molecule has 0 atom stereocenters. The Hall–Kier alpha value is -3.48. The van der Waals surface area contributed by atoms with E-state index in [9.17, 15) is 10.1 Å². The minimum atomic E-state index is -0.446. The van der Waals surface area contributed by atoms with Crippen LogP contribution in [0.5, 0.6) is 5.75 Å². The van der Waals surface area contributed by atoms with Crippen molar-refractivity contribution in [3.8, 4) is 16.9 Å². The molecule has 0 aromatic heterocycles. The van der Waals surface area contributed by atoms with E-state index in [1.807, 2.05) is 60.7 Å². The molecule has 0 bridgehead atoms. The van der Waals surface area contributed by atoms with Crippen LogP contribution in [0.4, 0.5) is 0 Å². The molecule has 6 heteroatoms. The third-order valence-electron chi connectivity index (χ3n) is 5.40. The molecule has 4 rings (SSSR count). The number of morpholine rings is 1. The molecule has 0 saturated carbocycles. The Labute approximate surface area is 187 Å². The molecular formula is C26H26N2O4. The third kappa shape index (κ3) is 6.03. The lowest BCUT2D eigenvalue weighted by Gasteiger charge is -2.26. The third-order valence-corrected chi connectivity index (χ3v) is 5.40. The second-order valence-electron chi connectivity index (χ2n) is 7.71. The van der Waals surface area contributed by atoms with Gasteiger partial charge in [0.15, 0.2) is 0 Å². The topological polar surface area (TPSA) is 64.8 Å². The van der Waals surface area contributed by atoms with Gasteiger partial charge in [0.1, 0.15) is 12.4 Å². The Morgan fingerprint density at radius 1 is 0.969 bits per heavy atom. The van der Waals surface area contributed by atoms with Crippen molar-refractivity contribution in [2.75, 3.05) is 26.3 Å². The van der Waals surface area contributed by atoms with Gasteiger partial charge in [0.05, 0.1) is 18.1 Å². The van der Waals surface area contributed by atoms with Crippen molar-refractivity contribution in [2.24, 2.45) is 0 Å². The van der Waals surface area contributed by atoms with Crippen LogP contribution in [0.25, 0.3) is 17.2 Å². The van der Waals surface area contributed by atoms with Gasteiger partial charge in [0.2, 0.25) is 6.20 Å². The molecule has 0 N–H and O–H groups in total. The highest BCUT2D eigenvalue weighted by Gasteiger charge is 2.12. The van der Waals surface area contributed by atoms with Gasteiger partial charge in [0.25, 0.3) is 0 Å². The van der Waals surface area contributed by atoms with Gasteiger partial charge < -0.3 is 9.47 Å². The van der Waals surface area contributed by atoms with Crippen LogP contribution in [0.2, 0.25) is 0 Å². The number of nitrogens with zero attached hydrogens (tertiary/aromatic N) is 2. The summed E-state index contributed by atoms with van der Waals surface area (Å²) in [7, 11) is 0. The SMILES string of the molecule is O=[N+]([O-])C=Cc1ccc(OCc2ccccc2)cc1-c1cccc(CN2CCOCC2)c1. The molecule has 0 amide bonds. The number of hydrogen-bond donors (Lipinski definition) is 0. The average molecular weight is 431 g/mol. The Morgan fingerprint density at radius 2 is 1.75 bits per heavy atom. The van der Waals surface area contributed by atoms with Crippen molar-refractivity contribution >= 4 is 6.08 Å². The fraction of sp³-hybridized carbons (Fsp3) is 0.231. The van der Waals surface area contributed by atoms with Gasteiger partial charge in [-0.15, -0.1) is 0 Å².